The van der Waals surface area contributed by atoms with E-state index in [9.17, 15) is 9.59 Å². The van der Waals surface area contributed by atoms with Gasteiger partial charge in [0.15, 0.2) is 0 Å². The molecular formula is C20H18N4O2S. The number of nitriles is 1. The Morgan fingerprint density at radius 3 is 2.70 bits per heavy atom. The molecule has 0 aliphatic heterocycles. The topological polar surface area (TPSA) is 86.1 Å². The number of nitrogens with zero attached hydrogens (tertiary/aromatic N) is 3. The first-order valence-corrected chi connectivity index (χ1v) is 9.21. The number of carbonyl (C=O) groups excluding carboxylic acids is 2. The summed E-state index contributed by atoms with van der Waals surface area (Å²) in [7, 11) is 1.52. The van der Waals surface area contributed by atoms with Crippen molar-refractivity contribution in [3.8, 4) is 17.2 Å². The van der Waals surface area contributed by atoms with E-state index in [-0.39, 0.29) is 31.3 Å². The zero-order valence-electron chi connectivity index (χ0n) is 14.8. The van der Waals surface area contributed by atoms with E-state index in [1.807, 2.05) is 36.4 Å². The molecule has 0 bridgehead atoms. The Morgan fingerprint density at radius 2 is 1.96 bits per heavy atom. The van der Waals surface area contributed by atoms with Crippen molar-refractivity contribution in [2.45, 2.75) is 6.42 Å². The van der Waals surface area contributed by atoms with Gasteiger partial charge in [0, 0.05) is 7.05 Å². The molecule has 1 heterocycles. The standard InChI is InChI=1S/C20H18N4O2S/c1-24(10-9-21)20(26)13-22-18(25)12-19-23-16-8-7-15(11-17(16)27-19)14-5-3-2-4-6-14/h2-8,11H,10,12-13H2,1H3,(H,22,25). The maximum Gasteiger partial charge on any atom is 0.242 e. The largest absolute Gasteiger partial charge is 0.347 e. The monoisotopic (exact) mass is 378 g/mol. The summed E-state index contributed by atoms with van der Waals surface area (Å²) in [5.41, 5.74) is 3.09. The minimum Gasteiger partial charge on any atom is -0.347 e. The molecule has 0 fully saturated rings. The van der Waals surface area contributed by atoms with Crippen LogP contribution in [0.5, 0.6) is 0 Å². The summed E-state index contributed by atoms with van der Waals surface area (Å²) in [4.78, 5) is 29.6. The fourth-order valence-corrected chi connectivity index (χ4v) is 3.57. The van der Waals surface area contributed by atoms with Crippen molar-refractivity contribution >= 4 is 33.4 Å². The van der Waals surface area contributed by atoms with Crippen molar-refractivity contribution in [2.24, 2.45) is 0 Å². The number of fused-ring (bicyclic) bond motifs is 1. The molecule has 0 aliphatic carbocycles. The van der Waals surface area contributed by atoms with Crippen molar-refractivity contribution in [3.05, 3.63) is 53.5 Å². The molecule has 27 heavy (non-hydrogen) atoms. The molecule has 2 amide bonds. The second-order valence-corrected chi connectivity index (χ2v) is 7.13. The molecule has 6 nitrogen and oxygen atoms in total. The Kier molecular flexibility index (Phi) is 5.79. The SMILES string of the molecule is CN(CC#N)C(=O)CNC(=O)Cc1nc2ccc(-c3ccccc3)cc2s1. The summed E-state index contributed by atoms with van der Waals surface area (Å²) < 4.78 is 1.02. The van der Waals surface area contributed by atoms with Gasteiger partial charge in [0.2, 0.25) is 11.8 Å². The van der Waals surface area contributed by atoms with Gasteiger partial charge >= 0.3 is 0 Å². The third-order valence-electron chi connectivity index (χ3n) is 4.02. The Bertz CT molecular complexity index is 1010. The fraction of sp³-hybridized carbons (Fsp3) is 0.200. The molecule has 7 heteroatoms. The van der Waals surface area contributed by atoms with Gasteiger partial charge in [-0.15, -0.1) is 11.3 Å². The van der Waals surface area contributed by atoms with Gasteiger partial charge in [0.1, 0.15) is 11.6 Å². The van der Waals surface area contributed by atoms with Crippen LogP contribution in [0.1, 0.15) is 5.01 Å². The van der Waals surface area contributed by atoms with E-state index < -0.39 is 0 Å². The number of hydrogen-bond acceptors (Lipinski definition) is 5. The van der Waals surface area contributed by atoms with Crippen LogP contribution in [0.4, 0.5) is 0 Å². The summed E-state index contributed by atoms with van der Waals surface area (Å²) in [5, 5.41) is 11.9. The summed E-state index contributed by atoms with van der Waals surface area (Å²) in [6.45, 7) is -0.129. The first kappa shape index (κ1) is 18.5. The molecule has 0 saturated heterocycles. The smallest absolute Gasteiger partial charge is 0.242 e. The number of likely N-dealkylation sites (N-methyl/N-ethyl adjacent to an activating group) is 1. The average Bonchev–Trinajstić information content (AvgIpc) is 3.08. The Balaban J connectivity index is 1.64. The Labute approximate surface area is 161 Å². The Morgan fingerprint density at radius 1 is 1.19 bits per heavy atom. The highest BCUT2D eigenvalue weighted by Crippen LogP contribution is 2.28. The van der Waals surface area contributed by atoms with Crippen molar-refractivity contribution in [1.82, 2.24) is 15.2 Å². The van der Waals surface area contributed by atoms with Crippen LogP contribution in [0, 0.1) is 11.3 Å². The van der Waals surface area contributed by atoms with Gasteiger partial charge in [-0.25, -0.2) is 4.98 Å². The quantitative estimate of drug-likeness (QED) is 0.668. The normalized spacial score (nSPS) is 10.4. The number of rotatable bonds is 6. The van der Waals surface area contributed by atoms with Gasteiger partial charge in [-0.3, -0.25) is 9.59 Å². The van der Waals surface area contributed by atoms with Crippen LogP contribution in [0.3, 0.4) is 0 Å². The third-order valence-corrected chi connectivity index (χ3v) is 5.04. The van der Waals surface area contributed by atoms with Crippen LogP contribution in [-0.2, 0) is 16.0 Å². The molecule has 0 saturated carbocycles. The highest BCUT2D eigenvalue weighted by molar-refractivity contribution is 7.18. The molecule has 1 aromatic heterocycles. The van der Waals surface area contributed by atoms with E-state index in [4.69, 9.17) is 5.26 Å². The van der Waals surface area contributed by atoms with Crippen LogP contribution in [0.15, 0.2) is 48.5 Å². The van der Waals surface area contributed by atoms with Crippen LogP contribution in [0.25, 0.3) is 21.3 Å². The Hall–Kier alpha value is -3.24. The summed E-state index contributed by atoms with van der Waals surface area (Å²) in [6.07, 6.45) is 0.120. The van der Waals surface area contributed by atoms with Gasteiger partial charge < -0.3 is 10.2 Å². The first-order chi connectivity index (χ1) is 13.1. The minimum atomic E-state index is -0.304. The number of amides is 2. The lowest BCUT2D eigenvalue weighted by molar-refractivity contribution is -0.131. The number of hydrogen-bond donors (Lipinski definition) is 1. The molecule has 1 N–H and O–H groups in total. The number of aromatic nitrogens is 1. The van der Waals surface area contributed by atoms with E-state index in [0.29, 0.717) is 5.01 Å². The lowest BCUT2D eigenvalue weighted by Crippen LogP contribution is -2.38. The van der Waals surface area contributed by atoms with Gasteiger partial charge in [-0.1, -0.05) is 36.4 Å². The number of thiazole rings is 1. The average molecular weight is 378 g/mol. The molecule has 3 rings (SSSR count). The van der Waals surface area contributed by atoms with E-state index in [1.54, 1.807) is 0 Å². The van der Waals surface area contributed by atoms with Crippen LogP contribution in [-0.4, -0.2) is 41.8 Å². The zero-order valence-corrected chi connectivity index (χ0v) is 15.6. The predicted octanol–water partition coefficient (Wildman–Crippen LogP) is 2.60. The zero-order chi connectivity index (χ0) is 19.2. The van der Waals surface area contributed by atoms with Crippen LogP contribution in [0.2, 0.25) is 0 Å². The summed E-state index contributed by atoms with van der Waals surface area (Å²) in [6, 6.07) is 18.0. The van der Waals surface area contributed by atoms with Crippen molar-refractivity contribution < 1.29 is 9.59 Å². The molecule has 2 aromatic carbocycles. The molecular weight excluding hydrogens is 360 g/mol. The minimum absolute atomic E-state index is 0.00365. The number of carbonyl (C=O) groups is 2. The summed E-state index contributed by atoms with van der Waals surface area (Å²) in [5.74, 6) is -0.572. The van der Waals surface area contributed by atoms with Gasteiger partial charge in [0.25, 0.3) is 0 Å². The van der Waals surface area contributed by atoms with Crippen molar-refractivity contribution in [1.29, 1.82) is 5.26 Å². The van der Waals surface area contributed by atoms with E-state index in [0.717, 1.165) is 21.3 Å². The molecule has 0 atom stereocenters. The molecule has 0 aliphatic rings. The molecule has 0 radical (unpaired) electrons. The fourth-order valence-electron chi connectivity index (χ4n) is 2.56. The highest BCUT2D eigenvalue weighted by Gasteiger charge is 2.13. The lowest BCUT2D eigenvalue weighted by Gasteiger charge is -2.13. The van der Waals surface area contributed by atoms with Crippen LogP contribution >= 0.6 is 11.3 Å². The summed E-state index contributed by atoms with van der Waals surface area (Å²) >= 11 is 1.47. The second kappa shape index (κ2) is 8.43. The van der Waals surface area contributed by atoms with Gasteiger partial charge in [-0.05, 0) is 23.3 Å². The molecule has 136 valence electrons. The van der Waals surface area contributed by atoms with Crippen molar-refractivity contribution in [3.63, 3.8) is 0 Å². The van der Waals surface area contributed by atoms with E-state index in [1.165, 1.54) is 23.3 Å². The van der Waals surface area contributed by atoms with E-state index in [2.05, 4.69) is 28.5 Å². The van der Waals surface area contributed by atoms with Crippen molar-refractivity contribution in [2.75, 3.05) is 20.1 Å². The first-order valence-electron chi connectivity index (χ1n) is 8.39. The molecule has 0 spiro atoms. The second-order valence-electron chi connectivity index (χ2n) is 6.02. The molecule has 0 unspecified atom stereocenters. The number of nitrogens with one attached hydrogen (secondary N) is 1. The lowest BCUT2D eigenvalue weighted by atomic mass is 10.1. The highest BCUT2D eigenvalue weighted by atomic mass is 32.1. The molecule has 3 aromatic rings. The maximum absolute atomic E-state index is 12.1. The van der Waals surface area contributed by atoms with Gasteiger partial charge in [0.05, 0.1) is 29.3 Å². The van der Waals surface area contributed by atoms with E-state index >= 15 is 0 Å². The van der Waals surface area contributed by atoms with Crippen LogP contribution < -0.4 is 5.32 Å². The predicted molar refractivity (Wildman–Crippen MR) is 105 cm³/mol. The number of benzene rings is 2. The van der Waals surface area contributed by atoms with Gasteiger partial charge in [-0.2, -0.15) is 5.26 Å². The maximum atomic E-state index is 12.1. The third kappa shape index (κ3) is 4.68.